The van der Waals surface area contributed by atoms with E-state index in [0.717, 1.165) is 15.5 Å². The Hall–Kier alpha value is -2.39. The number of sulfonamides is 1. The van der Waals surface area contributed by atoms with Crippen molar-refractivity contribution < 1.29 is 22.7 Å². The van der Waals surface area contributed by atoms with E-state index < -0.39 is 15.9 Å². The molecule has 7 nitrogen and oxygen atoms in total. The van der Waals surface area contributed by atoms with E-state index in [1.165, 1.54) is 11.8 Å². The lowest BCUT2D eigenvalue weighted by Gasteiger charge is -2.22. The van der Waals surface area contributed by atoms with Gasteiger partial charge in [0.15, 0.2) is 11.5 Å². The molecule has 1 N–H and O–H groups in total. The molecule has 0 saturated heterocycles. The van der Waals surface area contributed by atoms with Crippen molar-refractivity contribution in [3.05, 3.63) is 42.5 Å². The van der Waals surface area contributed by atoms with Crippen molar-refractivity contribution in [2.75, 3.05) is 35.5 Å². The van der Waals surface area contributed by atoms with Crippen molar-refractivity contribution in [1.82, 2.24) is 0 Å². The number of amides is 1. The van der Waals surface area contributed by atoms with Crippen LogP contribution in [-0.4, -0.2) is 40.2 Å². The number of rotatable bonds is 6. The van der Waals surface area contributed by atoms with Crippen LogP contribution in [-0.2, 0) is 14.8 Å². The number of hydrogen-bond acceptors (Lipinski definition) is 6. The van der Waals surface area contributed by atoms with E-state index in [0.29, 0.717) is 22.9 Å². The number of anilines is 2. The molecule has 1 heterocycles. The zero-order valence-corrected chi connectivity index (χ0v) is 15.9. The molecule has 1 aliphatic heterocycles. The van der Waals surface area contributed by atoms with E-state index >= 15 is 0 Å². The summed E-state index contributed by atoms with van der Waals surface area (Å²) in [5, 5.41) is 2.76. The minimum absolute atomic E-state index is 0.0869. The third kappa shape index (κ3) is 4.05. The molecule has 0 spiro atoms. The summed E-state index contributed by atoms with van der Waals surface area (Å²) >= 11 is 1.49. The highest BCUT2D eigenvalue weighted by molar-refractivity contribution is 7.98. The van der Waals surface area contributed by atoms with Gasteiger partial charge in [0.1, 0.15) is 6.54 Å². The van der Waals surface area contributed by atoms with Gasteiger partial charge in [-0.2, -0.15) is 0 Å². The molecule has 0 aromatic heterocycles. The Morgan fingerprint density at radius 3 is 2.65 bits per heavy atom. The first-order chi connectivity index (χ1) is 12.4. The third-order valence-electron chi connectivity index (χ3n) is 3.71. The maximum absolute atomic E-state index is 12.5. The standard InChI is InChI=1S/C17H18N2O5S2/c1-25-16-6-4-3-5-13(16)18-17(20)10-19(26(2,21)22)12-7-8-14-15(9-12)24-11-23-14/h3-9H,10-11H2,1-2H3,(H,18,20). The molecule has 2 aromatic carbocycles. The smallest absolute Gasteiger partial charge is 0.245 e. The number of para-hydroxylation sites is 1. The molecular formula is C17H18N2O5S2. The Labute approximate surface area is 156 Å². The molecule has 1 aliphatic rings. The van der Waals surface area contributed by atoms with Crippen LogP contribution >= 0.6 is 11.8 Å². The number of benzene rings is 2. The van der Waals surface area contributed by atoms with Gasteiger partial charge < -0.3 is 14.8 Å². The summed E-state index contributed by atoms with van der Waals surface area (Å²) in [5.74, 6) is 0.555. The lowest BCUT2D eigenvalue weighted by molar-refractivity contribution is -0.114. The van der Waals surface area contributed by atoms with Gasteiger partial charge in [-0.1, -0.05) is 12.1 Å². The number of carbonyl (C=O) groups excluding carboxylic acids is 1. The van der Waals surface area contributed by atoms with Gasteiger partial charge in [-0.15, -0.1) is 11.8 Å². The SMILES string of the molecule is CSc1ccccc1NC(=O)CN(c1ccc2c(c1)OCO2)S(C)(=O)=O. The highest BCUT2D eigenvalue weighted by Crippen LogP contribution is 2.36. The molecule has 2 aromatic rings. The average Bonchev–Trinajstić information content (AvgIpc) is 3.07. The van der Waals surface area contributed by atoms with E-state index in [1.54, 1.807) is 24.3 Å². The van der Waals surface area contributed by atoms with Crippen LogP contribution in [0.4, 0.5) is 11.4 Å². The van der Waals surface area contributed by atoms with Crippen molar-refractivity contribution >= 4 is 39.1 Å². The fourth-order valence-corrected chi connectivity index (χ4v) is 3.91. The second-order valence-corrected chi connectivity index (χ2v) is 8.31. The van der Waals surface area contributed by atoms with Gasteiger partial charge in [0.2, 0.25) is 22.7 Å². The predicted molar refractivity (Wildman–Crippen MR) is 102 cm³/mol. The van der Waals surface area contributed by atoms with Gasteiger partial charge in [-0.05, 0) is 30.5 Å². The molecule has 0 radical (unpaired) electrons. The summed E-state index contributed by atoms with van der Waals surface area (Å²) in [4.78, 5) is 13.4. The van der Waals surface area contributed by atoms with Crippen LogP contribution in [0, 0.1) is 0 Å². The lowest BCUT2D eigenvalue weighted by Crippen LogP contribution is -2.37. The lowest BCUT2D eigenvalue weighted by atomic mass is 10.2. The summed E-state index contributed by atoms with van der Waals surface area (Å²) < 4.78 is 36.0. The molecule has 0 atom stereocenters. The fraction of sp³-hybridized carbons (Fsp3) is 0.235. The van der Waals surface area contributed by atoms with Crippen molar-refractivity contribution in [3.8, 4) is 11.5 Å². The van der Waals surface area contributed by atoms with Gasteiger partial charge in [0, 0.05) is 11.0 Å². The Morgan fingerprint density at radius 2 is 1.92 bits per heavy atom. The number of carbonyl (C=O) groups is 1. The zero-order chi connectivity index (χ0) is 18.7. The van der Waals surface area contributed by atoms with Gasteiger partial charge in [-0.3, -0.25) is 9.10 Å². The van der Waals surface area contributed by atoms with Gasteiger partial charge in [0.05, 0.1) is 17.6 Å². The number of hydrogen-bond donors (Lipinski definition) is 1. The van der Waals surface area contributed by atoms with E-state index in [4.69, 9.17) is 9.47 Å². The molecule has 0 unspecified atom stereocenters. The Bertz CT molecular complexity index is 931. The summed E-state index contributed by atoms with van der Waals surface area (Å²) in [7, 11) is -3.67. The number of fused-ring (bicyclic) bond motifs is 1. The summed E-state index contributed by atoms with van der Waals surface area (Å²) in [6, 6.07) is 12.1. The normalized spacial score (nSPS) is 12.7. The maximum atomic E-state index is 12.5. The van der Waals surface area contributed by atoms with Crippen molar-refractivity contribution in [3.63, 3.8) is 0 Å². The van der Waals surface area contributed by atoms with Crippen molar-refractivity contribution in [2.24, 2.45) is 0 Å². The first kappa shape index (κ1) is 18.4. The van der Waals surface area contributed by atoms with E-state index in [2.05, 4.69) is 5.32 Å². The highest BCUT2D eigenvalue weighted by atomic mass is 32.2. The second kappa shape index (κ2) is 7.46. The maximum Gasteiger partial charge on any atom is 0.245 e. The van der Waals surface area contributed by atoms with E-state index in [1.807, 2.05) is 24.5 Å². The number of nitrogens with one attached hydrogen (secondary N) is 1. The number of thioether (sulfide) groups is 1. The molecule has 0 aliphatic carbocycles. The predicted octanol–water partition coefficient (Wildman–Crippen LogP) is 2.54. The van der Waals surface area contributed by atoms with Gasteiger partial charge >= 0.3 is 0 Å². The zero-order valence-electron chi connectivity index (χ0n) is 14.3. The summed E-state index contributed by atoms with van der Waals surface area (Å²) in [5.41, 5.74) is 0.981. The summed E-state index contributed by atoms with van der Waals surface area (Å²) in [6.45, 7) is -0.259. The molecule has 26 heavy (non-hydrogen) atoms. The van der Waals surface area contributed by atoms with Gasteiger partial charge in [-0.25, -0.2) is 8.42 Å². The first-order valence-corrected chi connectivity index (χ1v) is 10.8. The molecule has 0 bridgehead atoms. The van der Waals surface area contributed by atoms with E-state index in [-0.39, 0.29) is 13.3 Å². The third-order valence-corrected chi connectivity index (χ3v) is 5.65. The highest BCUT2D eigenvalue weighted by Gasteiger charge is 2.24. The molecular weight excluding hydrogens is 376 g/mol. The van der Waals surface area contributed by atoms with Crippen LogP contribution < -0.4 is 19.1 Å². The largest absolute Gasteiger partial charge is 0.454 e. The quantitative estimate of drug-likeness (QED) is 0.758. The van der Waals surface area contributed by atoms with Crippen molar-refractivity contribution in [1.29, 1.82) is 0 Å². The van der Waals surface area contributed by atoms with E-state index in [9.17, 15) is 13.2 Å². The molecule has 0 saturated carbocycles. The summed E-state index contributed by atoms with van der Waals surface area (Å²) in [6.07, 6.45) is 2.96. The molecule has 0 fully saturated rings. The minimum atomic E-state index is -3.67. The molecule has 9 heteroatoms. The monoisotopic (exact) mass is 394 g/mol. The Morgan fingerprint density at radius 1 is 1.19 bits per heavy atom. The molecule has 3 rings (SSSR count). The minimum Gasteiger partial charge on any atom is -0.454 e. The second-order valence-electron chi connectivity index (χ2n) is 5.56. The Balaban J connectivity index is 1.82. The van der Waals surface area contributed by atoms with Crippen LogP contribution in [0.2, 0.25) is 0 Å². The van der Waals surface area contributed by atoms with Crippen LogP contribution in [0.5, 0.6) is 11.5 Å². The molecule has 1 amide bonds. The van der Waals surface area contributed by atoms with Gasteiger partial charge in [0.25, 0.3) is 0 Å². The first-order valence-electron chi connectivity index (χ1n) is 7.69. The van der Waals surface area contributed by atoms with Crippen LogP contribution in [0.15, 0.2) is 47.4 Å². The van der Waals surface area contributed by atoms with Crippen LogP contribution in [0.3, 0.4) is 0 Å². The van der Waals surface area contributed by atoms with Crippen LogP contribution in [0.25, 0.3) is 0 Å². The topological polar surface area (TPSA) is 84.9 Å². The average molecular weight is 394 g/mol. The number of ether oxygens (including phenoxy) is 2. The number of nitrogens with zero attached hydrogens (tertiary/aromatic N) is 1. The Kier molecular flexibility index (Phi) is 5.28. The molecule has 138 valence electrons. The van der Waals surface area contributed by atoms with Crippen LogP contribution in [0.1, 0.15) is 0 Å². The van der Waals surface area contributed by atoms with Crippen molar-refractivity contribution in [2.45, 2.75) is 4.90 Å². The fourth-order valence-electron chi connectivity index (χ4n) is 2.51.